The molecule has 4 rings (SSSR count). The lowest BCUT2D eigenvalue weighted by atomic mass is 10.2. The zero-order chi connectivity index (χ0) is 24.3. The third kappa shape index (κ3) is 5.10. The summed E-state index contributed by atoms with van der Waals surface area (Å²) in [5.41, 5.74) is 3.81. The van der Waals surface area contributed by atoms with Crippen molar-refractivity contribution in [3.8, 4) is 0 Å². The Morgan fingerprint density at radius 3 is 2.44 bits per heavy atom. The van der Waals surface area contributed by atoms with Gasteiger partial charge in [0.25, 0.3) is 0 Å². The predicted molar refractivity (Wildman–Crippen MR) is 134 cm³/mol. The fourth-order valence-corrected chi connectivity index (χ4v) is 5.31. The predicted octanol–water partition coefficient (Wildman–Crippen LogP) is 3.16. The molecule has 1 aliphatic heterocycles. The first-order valence-corrected chi connectivity index (χ1v) is 13.3. The molecule has 0 unspecified atom stereocenters. The zero-order valence-corrected chi connectivity index (χ0v) is 20.9. The van der Waals surface area contributed by atoms with Crippen molar-refractivity contribution >= 4 is 32.7 Å². The van der Waals surface area contributed by atoms with E-state index < -0.39 is 10.0 Å². The molecule has 182 valence electrons. The van der Waals surface area contributed by atoms with Crippen LogP contribution in [-0.2, 0) is 34.3 Å². The number of hydrogen-bond acceptors (Lipinski definition) is 5. The van der Waals surface area contributed by atoms with Gasteiger partial charge in [0.1, 0.15) is 5.82 Å². The molecule has 0 saturated carbocycles. The topological polar surface area (TPSA) is 87.5 Å². The fraction of sp³-hybridized carbons (Fsp3) is 0.440. The molecule has 1 aromatic heterocycles. The maximum absolute atomic E-state index is 12.5. The van der Waals surface area contributed by atoms with Gasteiger partial charge in [0.2, 0.25) is 15.9 Å². The molecule has 0 bridgehead atoms. The second kappa shape index (κ2) is 10.1. The number of carbonyl (C=O) groups excluding carboxylic acids is 1. The maximum atomic E-state index is 12.5. The van der Waals surface area contributed by atoms with Gasteiger partial charge < -0.3 is 14.8 Å². The van der Waals surface area contributed by atoms with Crippen LogP contribution in [0.2, 0.25) is 0 Å². The molecule has 2 heterocycles. The largest absolute Gasteiger partial charge is 0.372 e. The van der Waals surface area contributed by atoms with Gasteiger partial charge in [0, 0.05) is 58.8 Å². The summed E-state index contributed by atoms with van der Waals surface area (Å²) in [6.45, 7) is 5.43. The van der Waals surface area contributed by atoms with Crippen LogP contribution in [0.5, 0.6) is 0 Å². The Labute approximate surface area is 201 Å². The lowest BCUT2D eigenvalue weighted by Gasteiger charge is -2.17. The summed E-state index contributed by atoms with van der Waals surface area (Å²) in [7, 11) is -0.508. The maximum Gasteiger partial charge on any atom is 0.242 e. The van der Waals surface area contributed by atoms with Gasteiger partial charge in [-0.05, 0) is 55.7 Å². The van der Waals surface area contributed by atoms with Crippen LogP contribution in [0.15, 0.2) is 47.4 Å². The average Bonchev–Trinajstić information content (AvgIpc) is 3.49. The Morgan fingerprint density at radius 2 is 1.79 bits per heavy atom. The van der Waals surface area contributed by atoms with Crippen LogP contribution in [0.25, 0.3) is 11.0 Å². The minimum atomic E-state index is -3.53. The van der Waals surface area contributed by atoms with E-state index in [1.165, 1.54) is 36.9 Å². The summed E-state index contributed by atoms with van der Waals surface area (Å²) in [5.74, 6) is 0.747. The number of amides is 1. The van der Waals surface area contributed by atoms with Crippen LogP contribution >= 0.6 is 0 Å². The van der Waals surface area contributed by atoms with Crippen LogP contribution < -0.4 is 10.2 Å². The minimum Gasteiger partial charge on any atom is -0.372 e. The Kier molecular flexibility index (Phi) is 7.23. The second-order valence-corrected chi connectivity index (χ2v) is 11.0. The molecule has 1 N–H and O–H groups in total. The molecule has 0 spiro atoms. The van der Waals surface area contributed by atoms with Crippen LogP contribution in [-0.4, -0.2) is 55.4 Å². The number of sulfonamides is 1. The van der Waals surface area contributed by atoms with Crippen LogP contribution in [0.1, 0.15) is 37.6 Å². The number of aromatic nitrogens is 2. The summed E-state index contributed by atoms with van der Waals surface area (Å²) in [6, 6.07) is 13.4. The molecule has 8 nitrogen and oxygen atoms in total. The third-order valence-electron chi connectivity index (χ3n) is 6.37. The molecule has 1 amide bonds. The summed E-state index contributed by atoms with van der Waals surface area (Å²) in [4.78, 5) is 19.8. The number of carbonyl (C=O) groups is 1. The first-order valence-electron chi connectivity index (χ1n) is 11.8. The van der Waals surface area contributed by atoms with Crippen LogP contribution in [0.4, 0.5) is 5.69 Å². The van der Waals surface area contributed by atoms with Crippen molar-refractivity contribution in [3.05, 3.63) is 53.9 Å². The van der Waals surface area contributed by atoms with Crippen molar-refractivity contribution in [2.75, 3.05) is 32.1 Å². The van der Waals surface area contributed by atoms with Crippen molar-refractivity contribution in [3.63, 3.8) is 0 Å². The smallest absolute Gasteiger partial charge is 0.242 e. The number of anilines is 1. The highest BCUT2D eigenvalue weighted by atomic mass is 32.2. The number of fused-ring (bicyclic) bond motifs is 1. The van der Waals surface area contributed by atoms with Crippen molar-refractivity contribution in [2.24, 2.45) is 0 Å². The Morgan fingerprint density at radius 1 is 1.09 bits per heavy atom. The number of rotatable bonds is 9. The van der Waals surface area contributed by atoms with Gasteiger partial charge in [0.15, 0.2) is 0 Å². The summed E-state index contributed by atoms with van der Waals surface area (Å²) >= 11 is 0. The molecule has 0 radical (unpaired) electrons. The van der Waals surface area contributed by atoms with Gasteiger partial charge in [-0.2, -0.15) is 0 Å². The molecule has 2 aromatic carbocycles. The average molecular weight is 484 g/mol. The van der Waals surface area contributed by atoms with E-state index in [0.717, 1.165) is 30.0 Å². The van der Waals surface area contributed by atoms with E-state index in [9.17, 15) is 13.2 Å². The second-order valence-electron chi connectivity index (χ2n) is 8.85. The van der Waals surface area contributed by atoms with Crippen molar-refractivity contribution in [1.29, 1.82) is 0 Å². The van der Waals surface area contributed by atoms with E-state index in [1.54, 1.807) is 18.2 Å². The van der Waals surface area contributed by atoms with E-state index in [0.29, 0.717) is 31.4 Å². The molecular weight excluding hydrogens is 450 g/mol. The molecule has 0 aliphatic carbocycles. The number of benzene rings is 2. The normalized spacial score (nSPS) is 14.3. The number of hydrogen-bond donors (Lipinski definition) is 1. The lowest BCUT2D eigenvalue weighted by molar-refractivity contribution is -0.121. The van der Waals surface area contributed by atoms with Crippen molar-refractivity contribution < 1.29 is 13.2 Å². The van der Waals surface area contributed by atoms with E-state index in [1.807, 2.05) is 11.5 Å². The highest BCUT2D eigenvalue weighted by Gasteiger charge is 2.20. The van der Waals surface area contributed by atoms with Gasteiger partial charge >= 0.3 is 0 Å². The summed E-state index contributed by atoms with van der Waals surface area (Å²) in [6.07, 6.45) is 3.30. The van der Waals surface area contributed by atoms with Crippen LogP contribution in [0.3, 0.4) is 0 Å². The number of nitrogens with zero attached hydrogens (tertiary/aromatic N) is 4. The molecule has 1 saturated heterocycles. The standard InChI is InChI=1S/C25H33N5O3S/c1-4-30-23-12-11-21(34(32,33)28(2)3)17-22(23)27-24(30)13-14-25(31)26-18-19-7-9-20(10-8-19)29-15-5-6-16-29/h7-12,17H,4-6,13-16,18H2,1-3H3,(H,26,31). The Bertz CT molecular complexity index is 1260. The molecular formula is C25H33N5O3S. The summed E-state index contributed by atoms with van der Waals surface area (Å²) in [5, 5.41) is 3.00. The first-order chi connectivity index (χ1) is 16.3. The van der Waals surface area contributed by atoms with Gasteiger partial charge in [0.05, 0.1) is 15.9 Å². The molecule has 1 aliphatic rings. The molecule has 9 heteroatoms. The highest BCUT2D eigenvalue weighted by Crippen LogP contribution is 2.23. The molecule has 34 heavy (non-hydrogen) atoms. The van der Waals surface area contributed by atoms with Gasteiger partial charge in [-0.25, -0.2) is 17.7 Å². The van der Waals surface area contributed by atoms with E-state index >= 15 is 0 Å². The first kappa shape index (κ1) is 24.2. The van der Waals surface area contributed by atoms with E-state index in [4.69, 9.17) is 0 Å². The Balaban J connectivity index is 1.38. The molecule has 3 aromatic rings. The van der Waals surface area contributed by atoms with Gasteiger partial charge in [-0.3, -0.25) is 4.79 Å². The number of nitrogens with one attached hydrogen (secondary N) is 1. The lowest BCUT2D eigenvalue weighted by Crippen LogP contribution is -2.23. The minimum absolute atomic E-state index is 0.0331. The quantitative estimate of drug-likeness (QED) is 0.505. The fourth-order valence-electron chi connectivity index (χ4n) is 4.39. The highest BCUT2D eigenvalue weighted by molar-refractivity contribution is 7.89. The molecule has 0 atom stereocenters. The summed E-state index contributed by atoms with van der Waals surface area (Å²) < 4.78 is 28.1. The Hall–Kier alpha value is -2.91. The zero-order valence-electron chi connectivity index (χ0n) is 20.1. The molecule has 1 fully saturated rings. The van der Waals surface area contributed by atoms with Crippen molar-refractivity contribution in [2.45, 2.75) is 50.6 Å². The van der Waals surface area contributed by atoms with E-state index in [2.05, 4.69) is 39.5 Å². The SMILES string of the molecule is CCn1c(CCC(=O)NCc2ccc(N3CCCC3)cc2)nc2cc(S(=O)(=O)N(C)C)ccc21. The monoisotopic (exact) mass is 483 g/mol. The van der Waals surface area contributed by atoms with Crippen LogP contribution in [0, 0.1) is 0 Å². The van der Waals surface area contributed by atoms with E-state index in [-0.39, 0.29) is 10.8 Å². The number of aryl methyl sites for hydroxylation is 2. The van der Waals surface area contributed by atoms with Crippen molar-refractivity contribution in [1.82, 2.24) is 19.2 Å². The van der Waals surface area contributed by atoms with Gasteiger partial charge in [-0.1, -0.05) is 12.1 Å². The van der Waals surface area contributed by atoms with Gasteiger partial charge in [-0.15, -0.1) is 0 Å². The number of imidazole rings is 1. The third-order valence-corrected chi connectivity index (χ3v) is 8.18.